The van der Waals surface area contributed by atoms with E-state index < -0.39 is 24.3 Å². The van der Waals surface area contributed by atoms with Crippen LogP contribution in [0, 0.1) is 11.7 Å². The summed E-state index contributed by atoms with van der Waals surface area (Å²) in [6.07, 6.45) is 8.64. The predicted octanol–water partition coefficient (Wildman–Crippen LogP) is 6.47. The molecule has 0 spiro atoms. The number of nitrogens with zero attached hydrogens (tertiary/aromatic N) is 4. The second kappa shape index (κ2) is 11.9. The van der Waals surface area contributed by atoms with E-state index in [1.165, 1.54) is 18.6 Å². The number of amidine groups is 1. The third kappa shape index (κ3) is 5.69. The Balaban J connectivity index is 1.44. The summed E-state index contributed by atoms with van der Waals surface area (Å²) >= 11 is 8.22. The molecule has 0 bridgehead atoms. The van der Waals surface area contributed by atoms with Crippen molar-refractivity contribution < 1.29 is 18.0 Å². The maximum Gasteiger partial charge on any atom is 0.260 e. The van der Waals surface area contributed by atoms with E-state index in [0.29, 0.717) is 29.8 Å². The number of allylic oxidation sites excluding steroid dienone is 1. The highest BCUT2D eigenvalue weighted by molar-refractivity contribution is 8.03. The molecule has 218 valence electrons. The van der Waals surface area contributed by atoms with Crippen molar-refractivity contribution in [3.05, 3.63) is 69.6 Å². The molecule has 1 saturated heterocycles. The molecule has 1 saturated carbocycles. The van der Waals surface area contributed by atoms with Crippen molar-refractivity contribution in [3.63, 3.8) is 0 Å². The number of carbonyl (C=O) groups is 1. The third-order valence-corrected chi connectivity index (χ3v) is 9.90. The van der Waals surface area contributed by atoms with Crippen LogP contribution in [-0.4, -0.2) is 64.7 Å². The number of hydrogen-bond donors (Lipinski definition) is 1. The summed E-state index contributed by atoms with van der Waals surface area (Å²) in [5.41, 5.74) is 2.57. The molecule has 2 unspecified atom stereocenters. The Hall–Kier alpha value is -2.72. The monoisotopic (exact) mass is 603 g/mol. The minimum Gasteiger partial charge on any atom is -0.361 e. The molecule has 5 aliphatic rings. The number of fused-ring (bicyclic) bond motifs is 1. The van der Waals surface area contributed by atoms with Crippen molar-refractivity contribution in [1.82, 2.24) is 15.1 Å². The van der Waals surface area contributed by atoms with Crippen molar-refractivity contribution in [3.8, 4) is 0 Å². The van der Waals surface area contributed by atoms with Crippen LogP contribution in [0.15, 0.2) is 63.2 Å². The Bertz CT molecular complexity index is 1360. The molecular weight excluding hydrogens is 571 g/mol. The molecule has 11 heteroatoms. The Labute approximate surface area is 247 Å². The van der Waals surface area contributed by atoms with Gasteiger partial charge in [0.05, 0.1) is 11.8 Å². The summed E-state index contributed by atoms with van der Waals surface area (Å²) < 4.78 is 41.8. The van der Waals surface area contributed by atoms with E-state index in [4.69, 9.17) is 16.6 Å². The molecular formula is C30H33ClF3N5OS. The average molecular weight is 604 g/mol. The number of aliphatic imine (C=N–C) groups is 2. The Morgan fingerprint density at radius 2 is 2.00 bits per heavy atom. The molecule has 1 N–H and O–H groups in total. The van der Waals surface area contributed by atoms with Crippen molar-refractivity contribution in [2.45, 2.75) is 74.9 Å². The SMILES string of the molecule is CN1C=CSC1C1=N[C@@H](c2ccc(F)cc2Cl)C(C2=NC(C(F)F)CC=C2)=C2C[C@H](NC(=O)C3CCCCC3)CN12. The quantitative estimate of drug-likeness (QED) is 0.405. The fraction of sp³-hybridized carbons (Fsp3) is 0.500. The molecule has 1 aromatic rings. The van der Waals surface area contributed by atoms with Crippen molar-refractivity contribution in [2.75, 3.05) is 13.6 Å². The van der Waals surface area contributed by atoms with E-state index in [1.54, 1.807) is 30.0 Å². The molecule has 6 nitrogen and oxygen atoms in total. The van der Waals surface area contributed by atoms with Crippen LogP contribution in [0.1, 0.15) is 56.6 Å². The van der Waals surface area contributed by atoms with E-state index in [9.17, 15) is 18.0 Å². The van der Waals surface area contributed by atoms with Gasteiger partial charge < -0.3 is 15.1 Å². The Kier molecular flexibility index (Phi) is 8.23. The summed E-state index contributed by atoms with van der Waals surface area (Å²) in [4.78, 5) is 27.1. The number of nitrogens with one attached hydrogen (secondary N) is 1. The lowest BCUT2D eigenvalue weighted by Crippen LogP contribution is -2.46. The first-order valence-corrected chi connectivity index (χ1v) is 15.5. The lowest BCUT2D eigenvalue weighted by atomic mass is 9.88. The van der Waals surface area contributed by atoms with Crippen LogP contribution in [0.3, 0.4) is 0 Å². The fourth-order valence-corrected chi connectivity index (χ4v) is 7.65. The molecule has 1 aliphatic carbocycles. The standard InChI is InChI=1S/C30H33ClF3N5OS/c1-38-12-13-41-30(38)28-37-26(20-11-10-18(32)14-21(20)31)25(22-8-5-9-23(36-22)27(33)34)24-15-19(16-39(24)28)35-29(40)17-6-3-2-4-7-17/h5,8,10-14,17,19,23,26-27,30H,2-4,6-7,9,15-16H2,1H3,(H,35,40)/t19-,23?,26-,30?/m0/s1. The molecule has 1 amide bonds. The largest absolute Gasteiger partial charge is 0.361 e. The van der Waals surface area contributed by atoms with Crippen LogP contribution < -0.4 is 5.32 Å². The van der Waals surface area contributed by atoms with Crippen LogP contribution in [-0.2, 0) is 4.79 Å². The van der Waals surface area contributed by atoms with E-state index in [-0.39, 0.29) is 34.7 Å². The number of alkyl halides is 2. The van der Waals surface area contributed by atoms with Gasteiger partial charge in [0, 0.05) is 54.0 Å². The maximum atomic E-state index is 14.1. The molecule has 0 aromatic heterocycles. The first-order valence-electron chi connectivity index (χ1n) is 14.2. The molecule has 4 aliphatic heterocycles. The highest BCUT2D eigenvalue weighted by Crippen LogP contribution is 2.45. The van der Waals surface area contributed by atoms with Gasteiger partial charge in [-0.15, -0.1) is 0 Å². The Morgan fingerprint density at radius 1 is 1.20 bits per heavy atom. The van der Waals surface area contributed by atoms with E-state index >= 15 is 0 Å². The summed E-state index contributed by atoms with van der Waals surface area (Å²) in [5, 5.41) is 5.38. The van der Waals surface area contributed by atoms with Crippen LogP contribution in [0.25, 0.3) is 0 Å². The molecule has 6 rings (SSSR count). The van der Waals surface area contributed by atoms with Crippen LogP contribution in [0.4, 0.5) is 13.2 Å². The van der Waals surface area contributed by atoms with Crippen molar-refractivity contribution in [2.24, 2.45) is 15.9 Å². The van der Waals surface area contributed by atoms with Crippen LogP contribution >= 0.6 is 23.4 Å². The molecule has 4 atom stereocenters. The van der Waals surface area contributed by atoms with E-state index in [1.807, 2.05) is 18.7 Å². The number of benzene rings is 1. The van der Waals surface area contributed by atoms with Gasteiger partial charge in [-0.3, -0.25) is 14.8 Å². The van der Waals surface area contributed by atoms with E-state index in [0.717, 1.165) is 37.2 Å². The number of amides is 1. The van der Waals surface area contributed by atoms with Crippen LogP contribution in [0.2, 0.25) is 5.02 Å². The van der Waals surface area contributed by atoms with Gasteiger partial charge in [-0.1, -0.05) is 54.8 Å². The minimum atomic E-state index is -2.60. The highest BCUT2D eigenvalue weighted by atomic mass is 35.5. The normalized spacial score (nSPS) is 28.3. The molecule has 41 heavy (non-hydrogen) atoms. The summed E-state index contributed by atoms with van der Waals surface area (Å²) in [6, 6.07) is 2.19. The lowest BCUT2D eigenvalue weighted by molar-refractivity contribution is -0.126. The number of dihydropyridines is 1. The van der Waals surface area contributed by atoms with Gasteiger partial charge in [-0.05, 0) is 42.9 Å². The predicted molar refractivity (Wildman–Crippen MR) is 158 cm³/mol. The summed E-state index contributed by atoms with van der Waals surface area (Å²) in [6.45, 7) is 0.514. The van der Waals surface area contributed by atoms with Gasteiger partial charge in [-0.25, -0.2) is 13.2 Å². The topological polar surface area (TPSA) is 60.3 Å². The van der Waals surface area contributed by atoms with Crippen molar-refractivity contribution >= 4 is 40.8 Å². The number of rotatable bonds is 6. The number of carbonyl (C=O) groups excluding carboxylic acids is 1. The van der Waals surface area contributed by atoms with Gasteiger partial charge in [-0.2, -0.15) is 0 Å². The fourth-order valence-electron chi connectivity index (χ4n) is 6.40. The zero-order chi connectivity index (χ0) is 28.7. The first kappa shape index (κ1) is 28.4. The number of likely N-dealkylation sites (N-methyl/N-ethyl adjacent to an activating group) is 1. The smallest absolute Gasteiger partial charge is 0.260 e. The average Bonchev–Trinajstić information content (AvgIpc) is 3.58. The third-order valence-electron chi connectivity index (χ3n) is 8.49. The zero-order valence-electron chi connectivity index (χ0n) is 22.8. The molecule has 1 aromatic carbocycles. The number of thioether (sulfide) groups is 1. The van der Waals surface area contributed by atoms with Gasteiger partial charge in [0.25, 0.3) is 6.43 Å². The molecule has 2 fully saturated rings. The summed E-state index contributed by atoms with van der Waals surface area (Å²) in [7, 11) is 1.97. The second-order valence-corrected chi connectivity index (χ2v) is 12.7. The van der Waals surface area contributed by atoms with Crippen LogP contribution in [0.5, 0.6) is 0 Å². The summed E-state index contributed by atoms with van der Waals surface area (Å²) in [5.74, 6) is 0.415. The highest BCUT2D eigenvalue weighted by Gasteiger charge is 2.44. The number of halogens is 4. The lowest BCUT2D eigenvalue weighted by Gasteiger charge is -2.37. The van der Waals surface area contributed by atoms with Gasteiger partial charge >= 0.3 is 0 Å². The Morgan fingerprint density at radius 3 is 2.71 bits per heavy atom. The first-order chi connectivity index (χ1) is 19.8. The minimum absolute atomic E-state index is 0.0203. The van der Waals surface area contributed by atoms with Gasteiger partial charge in [0.2, 0.25) is 5.91 Å². The number of hydrogen-bond acceptors (Lipinski definition) is 6. The van der Waals surface area contributed by atoms with E-state index in [2.05, 4.69) is 20.1 Å². The second-order valence-electron chi connectivity index (χ2n) is 11.3. The maximum absolute atomic E-state index is 14.1. The van der Waals surface area contributed by atoms with Crippen molar-refractivity contribution in [1.29, 1.82) is 0 Å². The van der Waals surface area contributed by atoms with Gasteiger partial charge in [0.1, 0.15) is 29.1 Å². The molecule has 0 radical (unpaired) electrons. The van der Waals surface area contributed by atoms with Gasteiger partial charge in [0.15, 0.2) is 0 Å². The zero-order valence-corrected chi connectivity index (χ0v) is 24.4. The molecule has 4 heterocycles.